The van der Waals surface area contributed by atoms with Crippen molar-refractivity contribution in [2.24, 2.45) is 7.05 Å². The lowest BCUT2D eigenvalue weighted by atomic mass is 10.1. The van der Waals surface area contributed by atoms with Gasteiger partial charge in [-0.1, -0.05) is 59.3 Å². The summed E-state index contributed by atoms with van der Waals surface area (Å²) in [5, 5.41) is 17.3. The number of thioether (sulfide) groups is 1. The number of aromatic nitrogens is 4. The first-order chi connectivity index (χ1) is 16.8. The molecule has 0 unspecified atom stereocenters. The molecule has 0 radical (unpaired) electrons. The maximum absolute atomic E-state index is 12.5. The average Bonchev–Trinajstić information content (AvgIpc) is 3.45. The molecule has 2 aromatic carbocycles. The van der Waals surface area contributed by atoms with Crippen LogP contribution in [0.15, 0.2) is 59.1 Å². The predicted octanol–water partition coefficient (Wildman–Crippen LogP) is 4.78. The number of nitrogens with one attached hydrogen (secondary N) is 2. The van der Waals surface area contributed by atoms with Gasteiger partial charge >= 0.3 is 0 Å². The third-order valence-electron chi connectivity index (χ3n) is 5.35. The zero-order valence-corrected chi connectivity index (χ0v) is 21.5. The highest BCUT2D eigenvalue weighted by atomic mass is 32.2. The van der Waals surface area contributed by atoms with Crippen molar-refractivity contribution < 1.29 is 9.59 Å². The lowest BCUT2D eigenvalue weighted by Gasteiger charge is -2.13. The van der Waals surface area contributed by atoms with Gasteiger partial charge < -0.3 is 15.2 Å². The van der Waals surface area contributed by atoms with Crippen molar-refractivity contribution in [2.75, 3.05) is 11.1 Å². The van der Waals surface area contributed by atoms with Crippen LogP contribution in [0.5, 0.6) is 0 Å². The van der Waals surface area contributed by atoms with Gasteiger partial charge in [-0.05, 0) is 32.9 Å². The Morgan fingerprint density at radius 2 is 1.69 bits per heavy atom. The molecule has 180 valence electrons. The van der Waals surface area contributed by atoms with E-state index in [2.05, 4.69) is 25.8 Å². The first kappa shape index (κ1) is 24.6. The maximum Gasteiger partial charge on any atom is 0.251 e. The van der Waals surface area contributed by atoms with E-state index in [-0.39, 0.29) is 23.6 Å². The van der Waals surface area contributed by atoms with E-state index in [9.17, 15) is 9.59 Å². The van der Waals surface area contributed by atoms with E-state index in [0.29, 0.717) is 21.7 Å². The highest BCUT2D eigenvalue weighted by Gasteiger charge is 2.19. The summed E-state index contributed by atoms with van der Waals surface area (Å²) in [6.07, 6.45) is 0. The molecular formula is C25H26N6O2S2. The van der Waals surface area contributed by atoms with Crippen LogP contribution in [0, 0.1) is 13.8 Å². The van der Waals surface area contributed by atoms with Crippen LogP contribution >= 0.6 is 23.1 Å². The highest BCUT2D eigenvalue weighted by molar-refractivity contribution is 7.99. The second-order valence-corrected chi connectivity index (χ2v) is 10.0. The van der Waals surface area contributed by atoms with Crippen molar-refractivity contribution >= 4 is 40.0 Å². The normalized spacial score (nSPS) is 11.8. The summed E-state index contributed by atoms with van der Waals surface area (Å²) in [4.78, 5) is 29.5. The summed E-state index contributed by atoms with van der Waals surface area (Å²) in [6.45, 7) is 5.87. The Kier molecular flexibility index (Phi) is 7.62. The topological polar surface area (TPSA) is 102 Å². The molecule has 0 bridgehead atoms. The third-order valence-corrected chi connectivity index (χ3v) is 7.13. The summed E-state index contributed by atoms with van der Waals surface area (Å²) in [5.41, 5.74) is 4.71. The Labute approximate surface area is 212 Å². The third kappa shape index (κ3) is 6.14. The largest absolute Gasteiger partial charge is 0.342 e. The van der Waals surface area contributed by atoms with Gasteiger partial charge in [-0.3, -0.25) is 9.59 Å². The molecule has 2 heterocycles. The minimum Gasteiger partial charge on any atom is -0.342 e. The Morgan fingerprint density at radius 3 is 2.37 bits per heavy atom. The zero-order chi connectivity index (χ0) is 24.9. The van der Waals surface area contributed by atoms with Crippen LogP contribution < -0.4 is 10.6 Å². The lowest BCUT2D eigenvalue weighted by Crippen LogP contribution is -2.28. The van der Waals surface area contributed by atoms with E-state index in [4.69, 9.17) is 0 Å². The smallest absolute Gasteiger partial charge is 0.251 e. The molecule has 0 saturated carbocycles. The van der Waals surface area contributed by atoms with E-state index in [1.165, 1.54) is 28.7 Å². The molecule has 8 nitrogen and oxygen atoms in total. The molecule has 0 spiro atoms. The summed E-state index contributed by atoms with van der Waals surface area (Å²) in [5.74, 6) is 0.416. The number of thiazole rings is 1. The van der Waals surface area contributed by atoms with Crippen molar-refractivity contribution in [2.45, 2.75) is 32.0 Å². The average molecular weight is 507 g/mol. The molecule has 1 atom stereocenters. The molecule has 2 N–H and O–H groups in total. The van der Waals surface area contributed by atoms with Crippen molar-refractivity contribution in [3.63, 3.8) is 0 Å². The molecule has 4 aromatic rings. The first-order valence-corrected chi connectivity index (χ1v) is 12.9. The number of aryl methyl sites for hydroxylation is 2. The van der Waals surface area contributed by atoms with Crippen molar-refractivity contribution in [3.8, 4) is 11.3 Å². The van der Waals surface area contributed by atoms with Crippen LogP contribution in [-0.2, 0) is 11.8 Å². The SMILES string of the molecule is Cc1ccc(C(=O)N[C@@H](C)c2nnc(SCC(=O)Nc3nc(-c4ccc(C)cc4)cs3)n2C)cc1. The van der Waals surface area contributed by atoms with E-state index in [0.717, 1.165) is 16.8 Å². The first-order valence-electron chi connectivity index (χ1n) is 11.0. The molecule has 2 aromatic heterocycles. The van der Waals surface area contributed by atoms with Gasteiger partial charge in [-0.2, -0.15) is 0 Å². The van der Waals surface area contributed by atoms with Gasteiger partial charge in [0.05, 0.1) is 17.5 Å². The van der Waals surface area contributed by atoms with E-state index < -0.39 is 0 Å². The van der Waals surface area contributed by atoms with E-state index in [1.54, 1.807) is 16.7 Å². The van der Waals surface area contributed by atoms with Gasteiger partial charge in [0, 0.05) is 23.6 Å². The number of carbonyl (C=O) groups excluding carboxylic acids is 2. The van der Waals surface area contributed by atoms with Crippen LogP contribution in [0.4, 0.5) is 5.13 Å². The summed E-state index contributed by atoms with van der Waals surface area (Å²) in [7, 11) is 1.82. The molecule has 2 amide bonds. The number of hydrogen-bond donors (Lipinski definition) is 2. The number of amides is 2. The fourth-order valence-corrected chi connectivity index (χ4v) is 4.81. The molecule has 0 aliphatic carbocycles. The van der Waals surface area contributed by atoms with Gasteiger partial charge in [-0.25, -0.2) is 4.98 Å². The van der Waals surface area contributed by atoms with Crippen LogP contribution in [0.3, 0.4) is 0 Å². The van der Waals surface area contributed by atoms with Gasteiger partial charge in [0.2, 0.25) is 5.91 Å². The van der Waals surface area contributed by atoms with E-state index in [1.807, 2.05) is 69.6 Å². The fraction of sp³-hybridized carbons (Fsp3) is 0.240. The summed E-state index contributed by atoms with van der Waals surface area (Å²) < 4.78 is 1.79. The molecular weight excluding hydrogens is 480 g/mol. The Balaban J connectivity index is 1.31. The second-order valence-electron chi connectivity index (χ2n) is 8.20. The van der Waals surface area contributed by atoms with Crippen molar-refractivity contribution in [1.29, 1.82) is 0 Å². The number of nitrogens with zero attached hydrogens (tertiary/aromatic N) is 4. The second kappa shape index (κ2) is 10.8. The maximum atomic E-state index is 12.5. The Bertz CT molecular complexity index is 1330. The highest BCUT2D eigenvalue weighted by Crippen LogP contribution is 2.26. The molecule has 0 aliphatic heterocycles. The zero-order valence-electron chi connectivity index (χ0n) is 19.9. The number of carbonyl (C=O) groups is 2. The lowest BCUT2D eigenvalue weighted by molar-refractivity contribution is -0.113. The van der Waals surface area contributed by atoms with Gasteiger partial charge in [0.15, 0.2) is 16.1 Å². The van der Waals surface area contributed by atoms with Crippen LogP contribution in [-0.4, -0.2) is 37.3 Å². The molecule has 10 heteroatoms. The summed E-state index contributed by atoms with van der Waals surface area (Å²) >= 11 is 2.66. The van der Waals surface area contributed by atoms with Gasteiger partial charge in [-0.15, -0.1) is 21.5 Å². The molecule has 4 rings (SSSR count). The molecule has 0 aliphatic rings. The quantitative estimate of drug-likeness (QED) is 0.334. The molecule has 0 saturated heterocycles. The Hall–Kier alpha value is -3.50. The van der Waals surface area contributed by atoms with Gasteiger partial charge in [0.25, 0.3) is 5.91 Å². The van der Waals surface area contributed by atoms with Crippen LogP contribution in [0.2, 0.25) is 0 Å². The molecule has 0 fully saturated rings. The van der Waals surface area contributed by atoms with Crippen LogP contribution in [0.1, 0.15) is 40.3 Å². The Morgan fingerprint density at radius 1 is 1.03 bits per heavy atom. The predicted molar refractivity (Wildman–Crippen MR) is 140 cm³/mol. The number of benzene rings is 2. The van der Waals surface area contributed by atoms with E-state index >= 15 is 0 Å². The summed E-state index contributed by atoms with van der Waals surface area (Å²) in [6, 6.07) is 15.1. The van der Waals surface area contributed by atoms with Crippen molar-refractivity contribution in [3.05, 3.63) is 76.4 Å². The number of rotatable bonds is 8. The monoisotopic (exact) mass is 506 g/mol. The van der Waals surface area contributed by atoms with Gasteiger partial charge in [0.1, 0.15) is 0 Å². The van der Waals surface area contributed by atoms with Crippen molar-refractivity contribution in [1.82, 2.24) is 25.1 Å². The fourth-order valence-electron chi connectivity index (χ4n) is 3.35. The molecule has 35 heavy (non-hydrogen) atoms. The number of anilines is 1. The van der Waals surface area contributed by atoms with Crippen LogP contribution in [0.25, 0.3) is 11.3 Å². The minimum absolute atomic E-state index is 0.162. The number of hydrogen-bond acceptors (Lipinski definition) is 7. The standard InChI is InChI=1S/C25H26N6O2S2/c1-15-5-9-18(10-6-15)20-13-34-24(27-20)28-21(32)14-35-25-30-29-22(31(25)4)17(3)26-23(33)19-11-7-16(2)8-12-19/h5-13,17H,14H2,1-4H3,(H,26,33)(H,27,28,32)/t17-/m0/s1. The minimum atomic E-state index is -0.347.